The highest BCUT2D eigenvalue weighted by molar-refractivity contribution is 5.79. The third-order valence-corrected chi connectivity index (χ3v) is 4.14. The van der Waals surface area contributed by atoms with Crippen molar-refractivity contribution >= 4 is 5.91 Å². The van der Waals surface area contributed by atoms with Crippen LogP contribution in [0.1, 0.15) is 18.9 Å². The Morgan fingerprint density at radius 3 is 2.90 bits per heavy atom. The summed E-state index contributed by atoms with van der Waals surface area (Å²) in [4.78, 5) is 13.9. The van der Waals surface area contributed by atoms with Crippen molar-refractivity contribution in [3.8, 4) is 0 Å². The summed E-state index contributed by atoms with van der Waals surface area (Å²) in [5, 5.41) is 0. The van der Waals surface area contributed by atoms with E-state index in [1.165, 1.54) is 12.1 Å². The zero-order chi connectivity index (χ0) is 14.7. The van der Waals surface area contributed by atoms with E-state index in [4.69, 9.17) is 5.73 Å². The summed E-state index contributed by atoms with van der Waals surface area (Å²) in [6, 6.07) is 3.92. The van der Waals surface area contributed by atoms with Crippen LogP contribution in [0.4, 0.5) is 8.78 Å². The topological polar surface area (TPSA) is 46.3 Å². The summed E-state index contributed by atoms with van der Waals surface area (Å²) < 4.78 is 26.7. The summed E-state index contributed by atoms with van der Waals surface area (Å²) in [5.74, 6) is -1.23. The van der Waals surface area contributed by atoms with Gasteiger partial charge in [-0.05, 0) is 30.9 Å². The minimum Gasteiger partial charge on any atom is -0.342 e. The van der Waals surface area contributed by atoms with Gasteiger partial charge >= 0.3 is 0 Å². The predicted molar refractivity (Wildman–Crippen MR) is 73.0 cm³/mol. The van der Waals surface area contributed by atoms with Crippen molar-refractivity contribution in [2.45, 2.75) is 19.8 Å². The van der Waals surface area contributed by atoms with Gasteiger partial charge in [0.1, 0.15) is 0 Å². The second kappa shape index (κ2) is 6.31. The monoisotopic (exact) mass is 282 g/mol. The molecule has 1 fully saturated rings. The SMILES string of the molecule is CC1CCN(C(=O)Cc2cccc(F)c2F)CC1CN. The lowest BCUT2D eigenvalue weighted by molar-refractivity contribution is -0.132. The Balaban J connectivity index is 2.03. The van der Waals surface area contributed by atoms with Crippen LogP contribution in [0.5, 0.6) is 0 Å². The van der Waals surface area contributed by atoms with Gasteiger partial charge in [0.15, 0.2) is 11.6 Å². The second-order valence-electron chi connectivity index (χ2n) is 5.49. The number of likely N-dealkylation sites (tertiary alicyclic amines) is 1. The van der Waals surface area contributed by atoms with E-state index in [1.54, 1.807) is 4.90 Å². The molecule has 1 amide bonds. The summed E-state index contributed by atoms with van der Waals surface area (Å²) >= 11 is 0. The average Bonchev–Trinajstić information content (AvgIpc) is 2.44. The number of rotatable bonds is 3. The number of nitrogens with zero attached hydrogens (tertiary/aromatic N) is 1. The summed E-state index contributed by atoms with van der Waals surface area (Å²) in [6.07, 6.45) is 0.800. The Morgan fingerprint density at radius 1 is 1.45 bits per heavy atom. The van der Waals surface area contributed by atoms with Crippen molar-refractivity contribution in [1.29, 1.82) is 0 Å². The average molecular weight is 282 g/mol. The number of nitrogens with two attached hydrogens (primary N) is 1. The Kier molecular flexibility index (Phi) is 4.70. The molecule has 2 unspecified atom stereocenters. The molecule has 0 aromatic heterocycles. The number of hydrogen-bond donors (Lipinski definition) is 1. The molecule has 20 heavy (non-hydrogen) atoms. The highest BCUT2D eigenvalue weighted by atomic mass is 19.2. The molecule has 1 aromatic rings. The number of halogens is 2. The van der Waals surface area contributed by atoms with Gasteiger partial charge in [0.25, 0.3) is 0 Å². The first-order valence-electron chi connectivity index (χ1n) is 6.93. The van der Waals surface area contributed by atoms with Crippen LogP contribution < -0.4 is 5.73 Å². The van der Waals surface area contributed by atoms with E-state index in [0.717, 1.165) is 12.5 Å². The molecule has 0 bridgehead atoms. The van der Waals surface area contributed by atoms with Crippen LogP contribution in [0.3, 0.4) is 0 Å². The van der Waals surface area contributed by atoms with Crippen LogP contribution >= 0.6 is 0 Å². The van der Waals surface area contributed by atoms with E-state index < -0.39 is 11.6 Å². The molecule has 1 aliphatic heterocycles. The zero-order valence-electron chi connectivity index (χ0n) is 11.6. The molecular weight excluding hydrogens is 262 g/mol. The van der Waals surface area contributed by atoms with Gasteiger partial charge in [-0.15, -0.1) is 0 Å². The molecule has 3 nitrogen and oxygen atoms in total. The fourth-order valence-electron chi connectivity index (χ4n) is 2.64. The van der Waals surface area contributed by atoms with Crippen molar-refractivity contribution in [2.24, 2.45) is 17.6 Å². The van der Waals surface area contributed by atoms with Crippen LogP contribution in [0.15, 0.2) is 18.2 Å². The maximum atomic E-state index is 13.6. The van der Waals surface area contributed by atoms with Crippen LogP contribution in [0, 0.1) is 23.5 Å². The molecule has 2 rings (SSSR count). The molecule has 0 spiro atoms. The van der Waals surface area contributed by atoms with Crippen LogP contribution in [0.2, 0.25) is 0 Å². The van der Waals surface area contributed by atoms with Gasteiger partial charge in [-0.1, -0.05) is 19.1 Å². The highest BCUT2D eigenvalue weighted by Crippen LogP contribution is 2.23. The Morgan fingerprint density at radius 2 is 2.20 bits per heavy atom. The van der Waals surface area contributed by atoms with Crippen LogP contribution in [0.25, 0.3) is 0 Å². The first-order chi connectivity index (χ1) is 9.52. The van der Waals surface area contributed by atoms with Crippen molar-refractivity contribution in [1.82, 2.24) is 4.90 Å². The van der Waals surface area contributed by atoms with Crippen molar-refractivity contribution in [2.75, 3.05) is 19.6 Å². The lowest BCUT2D eigenvalue weighted by Gasteiger charge is -2.36. The maximum Gasteiger partial charge on any atom is 0.227 e. The minimum absolute atomic E-state index is 0.102. The van der Waals surface area contributed by atoms with Gasteiger partial charge in [0.2, 0.25) is 5.91 Å². The molecule has 2 N–H and O–H groups in total. The normalized spacial score (nSPS) is 22.9. The van der Waals surface area contributed by atoms with Crippen molar-refractivity contribution < 1.29 is 13.6 Å². The summed E-state index contributed by atoms with van der Waals surface area (Å²) in [5.41, 5.74) is 5.81. The first kappa shape index (κ1) is 14.9. The second-order valence-corrected chi connectivity index (χ2v) is 5.49. The number of carbonyl (C=O) groups excluding carboxylic acids is 1. The standard InChI is InChI=1S/C15H20F2N2O/c1-10-5-6-19(9-12(10)8-18)14(20)7-11-3-2-4-13(16)15(11)17/h2-4,10,12H,5-9,18H2,1H3. The molecule has 0 aliphatic carbocycles. The summed E-state index contributed by atoms with van der Waals surface area (Å²) in [7, 11) is 0. The first-order valence-corrected chi connectivity index (χ1v) is 6.93. The van der Waals surface area contributed by atoms with Gasteiger partial charge < -0.3 is 10.6 Å². The van der Waals surface area contributed by atoms with E-state index in [-0.39, 0.29) is 23.8 Å². The Labute approximate surface area is 117 Å². The van der Waals surface area contributed by atoms with Gasteiger partial charge in [0, 0.05) is 18.7 Å². The summed E-state index contributed by atoms with van der Waals surface area (Å²) in [6.45, 7) is 3.94. The number of benzene rings is 1. The largest absolute Gasteiger partial charge is 0.342 e. The van der Waals surface area contributed by atoms with Gasteiger partial charge in [-0.3, -0.25) is 4.79 Å². The number of piperidine rings is 1. The molecule has 5 heteroatoms. The molecule has 1 aliphatic rings. The van der Waals surface area contributed by atoms with Gasteiger partial charge in [0.05, 0.1) is 6.42 Å². The van der Waals surface area contributed by atoms with Crippen molar-refractivity contribution in [3.63, 3.8) is 0 Å². The van der Waals surface area contributed by atoms with E-state index in [1.807, 2.05) is 0 Å². The Bertz CT molecular complexity index is 493. The highest BCUT2D eigenvalue weighted by Gasteiger charge is 2.28. The van der Waals surface area contributed by atoms with Crippen LogP contribution in [-0.2, 0) is 11.2 Å². The van der Waals surface area contributed by atoms with E-state index >= 15 is 0 Å². The lowest BCUT2D eigenvalue weighted by atomic mass is 9.87. The van der Waals surface area contributed by atoms with Gasteiger partial charge in [-0.25, -0.2) is 8.78 Å². The number of carbonyl (C=O) groups is 1. The predicted octanol–water partition coefficient (Wildman–Crippen LogP) is 1.95. The van der Waals surface area contributed by atoms with E-state index in [2.05, 4.69) is 6.92 Å². The maximum absolute atomic E-state index is 13.6. The number of amides is 1. The minimum atomic E-state index is -0.929. The smallest absolute Gasteiger partial charge is 0.227 e. The third kappa shape index (κ3) is 3.15. The molecule has 2 atom stereocenters. The molecule has 1 aromatic carbocycles. The zero-order valence-corrected chi connectivity index (χ0v) is 11.6. The molecule has 1 heterocycles. The fraction of sp³-hybridized carbons (Fsp3) is 0.533. The molecule has 1 saturated heterocycles. The van der Waals surface area contributed by atoms with E-state index in [0.29, 0.717) is 25.6 Å². The van der Waals surface area contributed by atoms with Crippen LogP contribution in [-0.4, -0.2) is 30.4 Å². The molecule has 110 valence electrons. The third-order valence-electron chi connectivity index (χ3n) is 4.14. The quantitative estimate of drug-likeness (QED) is 0.921. The fourth-order valence-corrected chi connectivity index (χ4v) is 2.64. The number of hydrogen-bond acceptors (Lipinski definition) is 2. The van der Waals surface area contributed by atoms with E-state index in [9.17, 15) is 13.6 Å². The molecule has 0 saturated carbocycles. The Hall–Kier alpha value is -1.49. The van der Waals surface area contributed by atoms with Crippen molar-refractivity contribution in [3.05, 3.63) is 35.4 Å². The van der Waals surface area contributed by atoms with Gasteiger partial charge in [-0.2, -0.15) is 0 Å². The lowest BCUT2D eigenvalue weighted by Crippen LogP contribution is -2.46. The molecule has 0 radical (unpaired) electrons. The molecular formula is C15H20F2N2O.